The standard InChI is InChI=1S/C23H25N3O2/c1-18(2)26(16-19-7-6-14-24-15-19)17-23(27)25-20-10-12-22(13-11-20)28-21-8-4-3-5-9-21/h3-15,18H,16-17H2,1-2H3,(H,25,27). The lowest BCUT2D eigenvalue weighted by Gasteiger charge is -2.25. The molecule has 0 fully saturated rings. The molecule has 3 rings (SSSR count). The summed E-state index contributed by atoms with van der Waals surface area (Å²) in [5.41, 5.74) is 1.84. The van der Waals surface area contributed by atoms with Crippen molar-refractivity contribution in [2.75, 3.05) is 11.9 Å². The average molecular weight is 375 g/mol. The molecule has 0 unspecified atom stereocenters. The molecular formula is C23H25N3O2. The Kier molecular flexibility index (Phi) is 6.76. The largest absolute Gasteiger partial charge is 0.457 e. The highest BCUT2D eigenvalue weighted by molar-refractivity contribution is 5.92. The van der Waals surface area contributed by atoms with Gasteiger partial charge >= 0.3 is 0 Å². The van der Waals surface area contributed by atoms with Gasteiger partial charge in [0, 0.05) is 30.7 Å². The van der Waals surface area contributed by atoms with Crippen molar-refractivity contribution in [3.8, 4) is 11.5 Å². The summed E-state index contributed by atoms with van der Waals surface area (Å²) in [5.74, 6) is 1.46. The van der Waals surface area contributed by atoms with E-state index in [9.17, 15) is 4.79 Å². The van der Waals surface area contributed by atoms with Gasteiger partial charge in [-0.3, -0.25) is 14.7 Å². The van der Waals surface area contributed by atoms with Crippen molar-refractivity contribution in [1.82, 2.24) is 9.88 Å². The second-order valence-electron chi connectivity index (χ2n) is 6.85. The van der Waals surface area contributed by atoms with E-state index in [4.69, 9.17) is 4.74 Å². The summed E-state index contributed by atoms with van der Waals surface area (Å²) in [5, 5.41) is 2.95. The first-order valence-electron chi connectivity index (χ1n) is 9.36. The first-order valence-corrected chi connectivity index (χ1v) is 9.36. The van der Waals surface area contributed by atoms with E-state index in [1.807, 2.05) is 72.9 Å². The summed E-state index contributed by atoms with van der Waals surface area (Å²) in [6.07, 6.45) is 3.58. The van der Waals surface area contributed by atoms with E-state index in [0.717, 1.165) is 22.7 Å². The van der Waals surface area contributed by atoms with Gasteiger partial charge in [-0.15, -0.1) is 0 Å². The minimum absolute atomic E-state index is 0.0469. The molecule has 5 heteroatoms. The zero-order valence-electron chi connectivity index (χ0n) is 16.2. The maximum atomic E-state index is 12.5. The van der Waals surface area contributed by atoms with Gasteiger partial charge in [-0.25, -0.2) is 0 Å². The van der Waals surface area contributed by atoms with Gasteiger partial charge in [-0.2, -0.15) is 0 Å². The molecule has 0 spiro atoms. The molecule has 1 N–H and O–H groups in total. The van der Waals surface area contributed by atoms with Crippen molar-refractivity contribution in [2.24, 2.45) is 0 Å². The fourth-order valence-corrected chi connectivity index (χ4v) is 2.76. The smallest absolute Gasteiger partial charge is 0.238 e. The third-order valence-electron chi connectivity index (χ3n) is 4.30. The fraction of sp³-hybridized carbons (Fsp3) is 0.217. The first kappa shape index (κ1) is 19.6. The SMILES string of the molecule is CC(C)N(CC(=O)Nc1ccc(Oc2ccccc2)cc1)Cc1cccnc1. The molecule has 0 saturated heterocycles. The van der Waals surface area contributed by atoms with Crippen LogP contribution >= 0.6 is 0 Å². The number of benzene rings is 2. The normalized spacial score (nSPS) is 10.9. The van der Waals surface area contributed by atoms with Gasteiger partial charge in [0.05, 0.1) is 6.54 Å². The molecule has 0 aliphatic carbocycles. The predicted molar refractivity (Wildman–Crippen MR) is 111 cm³/mol. The van der Waals surface area contributed by atoms with Gasteiger partial charge in [0.1, 0.15) is 11.5 Å². The Morgan fingerprint density at radius 3 is 2.36 bits per heavy atom. The monoisotopic (exact) mass is 375 g/mol. The summed E-state index contributed by atoms with van der Waals surface area (Å²) in [6, 6.07) is 21.2. The van der Waals surface area contributed by atoms with Crippen molar-refractivity contribution in [3.63, 3.8) is 0 Å². The maximum absolute atomic E-state index is 12.5. The average Bonchev–Trinajstić information content (AvgIpc) is 2.70. The number of carbonyl (C=O) groups excluding carboxylic acids is 1. The third kappa shape index (κ3) is 5.93. The molecule has 0 bridgehead atoms. The second-order valence-corrected chi connectivity index (χ2v) is 6.85. The van der Waals surface area contributed by atoms with E-state index >= 15 is 0 Å². The van der Waals surface area contributed by atoms with Crippen LogP contribution in [0.5, 0.6) is 11.5 Å². The first-order chi connectivity index (χ1) is 13.6. The number of hydrogen-bond donors (Lipinski definition) is 1. The van der Waals surface area contributed by atoms with Crippen LogP contribution in [0.2, 0.25) is 0 Å². The molecule has 0 atom stereocenters. The van der Waals surface area contributed by atoms with Crippen LogP contribution < -0.4 is 10.1 Å². The Hall–Kier alpha value is -3.18. The summed E-state index contributed by atoms with van der Waals surface area (Å²) in [7, 11) is 0. The van der Waals surface area contributed by atoms with Crippen molar-refractivity contribution >= 4 is 11.6 Å². The van der Waals surface area contributed by atoms with E-state index in [1.165, 1.54) is 0 Å². The van der Waals surface area contributed by atoms with Crippen LogP contribution in [-0.2, 0) is 11.3 Å². The van der Waals surface area contributed by atoms with Crippen molar-refractivity contribution in [1.29, 1.82) is 0 Å². The highest BCUT2D eigenvalue weighted by Crippen LogP contribution is 2.22. The molecule has 0 radical (unpaired) electrons. The molecule has 1 amide bonds. The molecule has 2 aromatic carbocycles. The summed E-state index contributed by atoms with van der Waals surface area (Å²) >= 11 is 0. The molecule has 0 aliphatic heterocycles. The van der Waals surface area contributed by atoms with Crippen LogP contribution in [0, 0.1) is 0 Å². The number of para-hydroxylation sites is 1. The molecule has 1 aromatic heterocycles. The minimum Gasteiger partial charge on any atom is -0.457 e. The van der Waals surface area contributed by atoms with Gasteiger partial charge in [-0.1, -0.05) is 24.3 Å². The van der Waals surface area contributed by atoms with Crippen LogP contribution in [-0.4, -0.2) is 28.4 Å². The van der Waals surface area contributed by atoms with Crippen LogP contribution in [0.3, 0.4) is 0 Å². The highest BCUT2D eigenvalue weighted by atomic mass is 16.5. The summed E-state index contributed by atoms with van der Waals surface area (Å²) < 4.78 is 5.77. The minimum atomic E-state index is -0.0469. The topological polar surface area (TPSA) is 54.5 Å². The Labute approximate surface area is 166 Å². The fourth-order valence-electron chi connectivity index (χ4n) is 2.76. The van der Waals surface area contributed by atoms with E-state index in [2.05, 4.69) is 29.0 Å². The Morgan fingerprint density at radius 1 is 1.00 bits per heavy atom. The quantitative estimate of drug-likeness (QED) is 0.619. The van der Waals surface area contributed by atoms with Crippen LogP contribution in [0.1, 0.15) is 19.4 Å². The van der Waals surface area contributed by atoms with Crippen LogP contribution in [0.25, 0.3) is 0 Å². The molecule has 3 aromatic rings. The lowest BCUT2D eigenvalue weighted by Crippen LogP contribution is -2.37. The lowest BCUT2D eigenvalue weighted by molar-refractivity contribution is -0.117. The van der Waals surface area contributed by atoms with Gasteiger partial charge in [0.2, 0.25) is 5.91 Å². The number of amides is 1. The summed E-state index contributed by atoms with van der Waals surface area (Å²) in [6.45, 7) is 5.16. The zero-order chi connectivity index (χ0) is 19.8. The zero-order valence-corrected chi connectivity index (χ0v) is 16.2. The van der Waals surface area contributed by atoms with Crippen molar-refractivity contribution < 1.29 is 9.53 Å². The number of nitrogens with one attached hydrogen (secondary N) is 1. The number of ether oxygens (including phenoxy) is 1. The van der Waals surface area contributed by atoms with E-state index in [1.54, 1.807) is 6.20 Å². The number of pyridine rings is 1. The van der Waals surface area contributed by atoms with Crippen molar-refractivity contribution in [3.05, 3.63) is 84.7 Å². The van der Waals surface area contributed by atoms with Gasteiger partial charge in [-0.05, 0) is 61.9 Å². The number of anilines is 1. The molecule has 1 heterocycles. The Bertz CT molecular complexity index is 865. The van der Waals surface area contributed by atoms with E-state index in [-0.39, 0.29) is 11.9 Å². The van der Waals surface area contributed by atoms with Crippen LogP contribution in [0.15, 0.2) is 79.1 Å². The Balaban J connectivity index is 1.55. The highest BCUT2D eigenvalue weighted by Gasteiger charge is 2.15. The van der Waals surface area contributed by atoms with Gasteiger partial charge in [0.25, 0.3) is 0 Å². The number of hydrogen-bond acceptors (Lipinski definition) is 4. The molecule has 0 aliphatic rings. The van der Waals surface area contributed by atoms with E-state index in [0.29, 0.717) is 13.1 Å². The number of carbonyl (C=O) groups is 1. The maximum Gasteiger partial charge on any atom is 0.238 e. The molecular weight excluding hydrogens is 350 g/mol. The third-order valence-corrected chi connectivity index (χ3v) is 4.30. The molecule has 0 saturated carbocycles. The Morgan fingerprint density at radius 2 is 1.71 bits per heavy atom. The molecule has 28 heavy (non-hydrogen) atoms. The number of nitrogens with zero attached hydrogens (tertiary/aromatic N) is 2. The number of aromatic nitrogens is 1. The molecule has 5 nitrogen and oxygen atoms in total. The lowest BCUT2D eigenvalue weighted by atomic mass is 10.2. The van der Waals surface area contributed by atoms with Crippen LogP contribution in [0.4, 0.5) is 5.69 Å². The van der Waals surface area contributed by atoms with E-state index < -0.39 is 0 Å². The summed E-state index contributed by atoms with van der Waals surface area (Å²) in [4.78, 5) is 18.7. The predicted octanol–water partition coefficient (Wildman–Crippen LogP) is 4.72. The van der Waals surface area contributed by atoms with Gasteiger partial charge < -0.3 is 10.1 Å². The van der Waals surface area contributed by atoms with Crippen molar-refractivity contribution in [2.45, 2.75) is 26.4 Å². The number of rotatable bonds is 8. The van der Waals surface area contributed by atoms with Gasteiger partial charge in [0.15, 0.2) is 0 Å². The molecule has 144 valence electrons. The second kappa shape index (κ2) is 9.67.